The average molecular weight is 869 g/mol. The van der Waals surface area contributed by atoms with Crippen LogP contribution in [0.2, 0.25) is 0 Å². The van der Waals surface area contributed by atoms with Gasteiger partial charge in [0.1, 0.15) is 6.67 Å². The number of carbonyl (C=O) groups is 1. The minimum atomic E-state index is -6.04. The molecule has 0 heterocycles. The van der Waals surface area contributed by atoms with E-state index in [-0.39, 0.29) is 42.1 Å². The van der Waals surface area contributed by atoms with Gasteiger partial charge in [0.05, 0.1) is 19.8 Å². The van der Waals surface area contributed by atoms with Crippen LogP contribution in [0.15, 0.2) is 92.0 Å². The molecule has 3 aromatic rings. The topological polar surface area (TPSA) is 81.7 Å². The molecule has 3 aromatic carbocycles. The van der Waals surface area contributed by atoms with Crippen molar-refractivity contribution < 1.29 is 82.2 Å². The van der Waals surface area contributed by atoms with Crippen LogP contribution in [-0.4, -0.2) is 70.8 Å². The Morgan fingerprint density at radius 2 is 1.10 bits per heavy atom. The van der Waals surface area contributed by atoms with Crippen LogP contribution in [0.4, 0.5) is 44.0 Å². The van der Waals surface area contributed by atoms with Crippen molar-refractivity contribution in [3.8, 4) is 0 Å². The molecule has 0 spiro atoms. The third-order valence-corrected chi connectivity index (χ3v) is 6.08. The second-order valence-electron chi connectivity index (χ2n) is 9.99. The predicted molar refractivity (Wildman–Crippen MR) is 209 cm³/mol. The van der Waals surface area contributed by atoms with Crippen LogP contribution in [-0.2, 0) is 46.6 Å². The molecule has 0 atom stereocenters. The molecule has 0 amide bonds. The number of halogens is 10. The second kappa shape index (κ2) is 35.7. The smallest absolute Gasteiger partial charge is 0.374 e. The van der Waals surface area contributed by atoms with Gasteiger partial charge in [0.25, 0.3) is 0 Å². The Balaban J connectivity index is -0.000000215. The van der Waals surface area contributed by atoms with Gasteiger partial charge in [0, 0.05) is 18.8 Å². The molecule has 0 aliphatic carbocycles. The number of carbonyl (C=O) groups excluding carboxylic acids is 1. The molecule has 0 radical (unpaired) electrons. The molecule has 0 fully saturated rings. The molecule has 18 heteroatoms. The molecule has 59 heavy (non-hydrogen) atoms. The number of hydrogen-bond donors (Lipinski definition) is 0. The molecule has 0 aliphatic heterocycles. The molecule has 8 nitrogen and oxygen atoms in total. The van der Waals surface area contributed by atoms with E-state index in [1.807, 2.05) is 80.6 Å². The molecular weight excluding hydrogens is 810 g/mol. The molecule has 0 aliphatic rings. The van der Waals surface area contributed by atoms with Crippen LogP contribution < -0.4 is 0 Å². The van der Waals surface area contributed by atoms with E-state index in [2.05, 4.69) is 27.4 Å². The van der Waals surface area contributed by atoms with E-state index in [9.17, 15) is 48.8 Å². The third kappa shape index (κ3) is 27.3. The number of Topliss-reactive ketones (excluding diaryl/α,β-unsaturated/α-hetero) is 1. The largest absolute Gasteiger partial charge is 0.492 e. The number of rotatable bonds is 21. The summed E-state index contributed by atoms with van der Waals surface area (Å²) in [5.74, 6) is -0.126. The first kappa shape index (κ1) is 64.0. The monoisotopic (exact) mass is 868 g/mol. The Morgan fingerprint density at radius 1 is 0.661 bits per heavy atom. The molecule has 0 saturated heterocycles. The lowest BCUT2D eigenvalue weighted by molar-refractivity contribution is -0.548. The summed E-state index contributed by atoms with van der Waals surface area (Å²) in [6.07, 6.45) is -14.6. The SMILES string of the molecule is C.C.C.C.C=Cc1ccc(COCCF)cc1.C=Cc1ccc(COCF)cc1.CCOC(OCC)C(=O)c1ccccc1.FCOC(F)(F)OC(F)(F)C(F)(F)OF. The molecule has 3 rings (SSSR count). The lowest BCUT2D eigenvalue weighted by Gasteiger charge is -2.25. The van der Waals surface area contributed by atoms with E-state index < -0.39 is 45.2 Å². The fourth-order valence-electron chi connectivity index (χ4n) is 3.49. The quantitative estimate of drug-likeness (QED) is 0.0453. The summed E-state index contributed by atoms with van der Waals surface area (Å²) in [6.45, 7) is 9.41. The van der Waals surface area contributed by atoms with E-state index in [4.69, 9.17) is 14.2 Å². The van der Waals surface area contributed by atoms with Gasteiger partial charge in [0.15, 0.2) is 13.7 Å². The highest BCUT2D eigenvalue weighted by Gasteiger charge is 2.66. The van der Waals surface area contributed by atoms with Gasteiger partial charge < -0.3 is 18.9 Å². The molecule has 0 saturated carbocycles. The number of benzene rings is 3. The first-order valence-corrected chi connectivity index (χ1v) is 16.0. The summed E-state index contributed by atoms with van der Waals surface area (Å²) in [6, 6.07) is 24.5. The van der Waals surface area contributed by atoms with Gasteiger partial charge in [-0.05, 0) is 40.6 Å². The van der Waals surface area contributed by atoms with Crippen LogP contribution in [0.25, 0.3) is 12.2 Å². The van der Waals surface area contributed by atoms with Crippen molar-refractivity contribution in [1.82, 2.24) is 0 Å². The molecule has 0 aromatic heterocycles. The maximum atomic E-state index is 12.0. The van der Waals surface area contributed by atoms with Crippen molar-refractivity contribution in [3.05, 3.63) is 120 Å². The Hall–Kier alpha value is -4.17. The predicted octanol–water partition coefficient (Wildman–Crippen LogP) is 13.0. The summed E-state index contributed by atoms with van der Waals surface area (Å²) in [5, 5.41) is 0. The van der Waals surface area contributed by atoms with Crippen LogP contribution in [0, 0.1) is 0 Å². The van der Waals surface area contributed by atoms with Crippen LogP contribution >= 0.6 is 0 Å². The van der Waals surface area contributed by atoms with Gasteiger partial charge in [-0.2, -0.15) is 17.6 Å². The molecular formula is C41H58F10O8. The summed E-state index contributed by atoms with van der Waals surface area (Å²) >= 11 is 0. The van der Waals surface area contributed by atoms with E-state index >= 15 is 0 Å². The molecule has 0 bridgehead atoms. The van der Waals surface area contributed by atoms with Crippen molar-refractivity contribution in [2.75, 3.05) is 40.2 Å². The van der Waals surface area contributed by atoms with Gasteiger partial charge in [0.2, 0.25) is 12.1 Å². The minimum Gasteiger partial charge on any atom is -0.374 e. The molecule has 0 N–H and O–H groups in total. The Morgan fingerprint density at radius 3 is 1.46 bits per heavy atom. The lowest BCUT2D eigenvalue weighted by atomic mass is 10.1. The highest BCUT2D eigenvalue weighted by Crippen LogP contribution is 2.40. The zero-order chi connectivity index (χ0) is 41.8. The zero-order valence-corrected chi connectivity index (χ0v) is 29.9. The lowest BCUT2D eigenvalue weighted by Crippen LogP contribution is -2.48. The number of ketones is 1. The van der Waals surface area contributed by atoms with Gasteiger partial charge in [-0.25, -0.2) is 17.9 Å². The first-order valence-electron chi connectivity index (χ1n) is 16.0. The summed E-state index contributed by atoms with van der Waals surface area (Å²) < 4.78 is 141. The van der Waals surface area contributed by atoms with Crippen LogP contribution in [0.1, 0.15) is 76.2 Å². The van der Waals surface area contributed by atoms with Crippen LogP contribution in [0.5, 0.6) is 0 Å². The minimum absolute atomic E-state index is 0. The third-order valence-electron chi connectivity index (χ3n) is 6.08. The Bertz CT molecular complexity index is 1440. The zero-order valence-electron chi connectivity index (χ0n) is 29.9. The summed E-state index contributed by atoms with van der Waals surface area (Å²) in [7, 11) is 0. The highest BCUT2D eigenvalue weighted by atomic mass is 19.4. The number of hydrogen-bond acceptors (Lipinski definition) is 8. The van der Waals surface area contributed by atoms with Crippen molar-refractivity contribution in [3.63, 3.8) is 0 Å². The normalized spacial score (nSPS) is 10.5. The standard InChI is InChI=1S/C12H16O3.C11H13FO.C10H11FO.C4H2F8O3.4CH4/c1-3-14-12(15-4-2)11(13)10-8-6-5-7-9-10;1-2-10-3-5-11(6-4-10)9-13-8-7-12;1-2-9-3-5-10(6-4-9)7-12-8-11;5-1-13-4(10,11)14-2(6,7)3(8,9)15-12;;;;/h5-9,12H,3-4H2,1-2H3;2-6H,1,7-9H2;2-6H,1,7-8H2;1H2;4*1H4. The number of ether oxygens (including phenoxy) is 6. The van der Waals surface area contributed by atoms with Gasteiger partial charge >= 0.3 is 18.5 Å². The molecule has 340 valence electrons. The first-order chi connectivity index (χ1) is 26.1. The van der Waals surface area contributed by atoms with Crippen molar-refractivity contribution in [2.24, 2.45) is 0 Å². The number of alkyl halides is 9. The second-order valence-corrected chi connectivity index (χ2v) is 9.99. The van der Waals surface area contributed by atoms with E-state index in [0.717, 1.165) is 22.3 Å². The van der Waals surface area contributed by atoms with Gasteiger partial charge in [-0.1, -0.05) is 134 Å². The van der Waals surface area contributed by atoms with E-state index in [1.165, 1.54) is 4.94 Å². The Labute approximate surface area is 341 Å². The maximum absolute atomic E-state index is 12.0. The summed E-state index contributed by atoms with van der Waals surface area (Å²) in [4.78, 5) is 13.3. The van der Waals surface area contributed by atoms with E-state index in [0.29, 0.717) is 32.0 Å². The van der Waals surface area contributed by atoms with Crippen molar-refractivity contribution in [2.45, 2.75) is 81.6 Å². The molecule has 0 unspecified atom stereocenters. The Kier molecular flexibility index (Phi) is 38.8. The highest BCUT2D eigenvalue weighted by molar-refractivity contribution is 5.98. The summed E-state index contributed by atoms with van der Waals surface area (Å²) in [5.41, 5.74) is 4.77. The average Bonchev–Trinajstić information content (AvgIpc) is 3.18. The fourth-order valence-corrected chi connectivity index (χ4v) is 3.49. The van der Waals surface area contributed by atoms with Crippen molar-refractivity contribution >= 4 is 17.9 Å². The van der Waals surface area contributed by atoms with Crippen LogP contribution in [0.3, 0.4) is 0 Å². The fraction of sp³-hybridized carbons (Fsp3) is 0.439. The van der Waals surface area contributed by atoms with Gasteiger partial charge in [-0.3, -0.25) is 9.53 Å². The van der Waals surface area contributed by atoms with E-state index in [1.54, 1.807) is 24.3 Å². The maximum Gasteiger partial charge on any atom is 0.492 e. The van der Waals surface area contributed by atoms with Gasteiger partial charge in [-0.15, -0.1) is 13.7 Å². The van der Waals surface area contributed by atoms with Crippen molar-refractivity contribution in [1.29, 1.82) is 0 Å².